The van der Waals surface area contributed by atoms with Crippen LogP contribution in [0.2, 0.25) is 5.02 Å². The molecule has 182 valence electrons. The third kappa shape index (κ3) is 6.72. The minimum atomic E-state index is 0.557. The molecule has 0 aliphatic heterocycles. The molecular formula is C27H32ClNO5. The molecule has 3 aromatic rings. The van der Waals surface area contributed by atoms with E-state index in [2.05, 4.69) is 17.4 Å². The molecule has 0 fully saturated rings. The minimum absolute atomic E-state index is 0.557. The van der Waals surface area contributed by atoms with Gasteiger partial charge >= 0.3 is 0 Å². The molecule has 34 heavy (non-hydrogen) atoms. The van der Waals surface area contributed by atoms with Crippen molar-refractivity contribution < 1.29 is 23.7 Å². The van der Waals surface area contributed by atoms with Crippen LogP contribution in [0, 0.1) is 0 Å². The van der Waals surface area contributed by atoms with Crippen molar-refractivity contribution in [2.24, 2.45) is 0 Å². The Kier molecular flexibility index (Phi) is 9.74. The first kappa shape index (κ1) is 25.5. The van der Waals surface area contributed by atoms with E-state index < -0.39 is 0 Å². The number of rotatable bonds is 13. The van der Waals surface area contributed by atoms with Gasteiger partial charge in [0.05, 0.1) is 35.0 Å². The second-order valence-corrected chi connectivity index (χ2v) is 8.08. The highest BCUT2D eigenvalue weighted by atomic mass is 35.5. The SMILES string of the molecule is COc1cc(Cl)c(CNCc2cc(OC)c(OCCCc3ccccc3)c(OC)c2)cc1OC. The van der Waals surface area contributed by atoms with E-state index in [-0.39, 0.29) is 0 Å². The van der Waals surface area contributed by atoms with Crippen molar-refractivity contribution in [2.75, 3.05) is 35.0 Å². The molecule has 0 saturated carbocycles. The molecule has 0 aliphatic carbocycles. The van der Waals surface area contributed by atoms with Gasteiger partial charge in [0.1, 0.15) is 0 Å². The Morgan fingerprint density at radius 3 is 1.94 bits per heavy atom. The zero-order valence-corrected chi connectivity index (χ0v) is 20.9. The summed E-state index contributed by atoms with van der Waals surface area (Å²) >= 11 is 6.40. The molecule has 0 bridgehead atoms. The molecule has 0 heterocycles. The van der Waals surface area contributed by atoms with Crippen LogP contribution in [0.1, 0.15) is 23.1 Å². The number of nitrogens with one attached hydrogen (secondary N) is 1. The lowest BCUT2D eigenvalue weighted by atomic mass is 10.1. The third-order valence-electron chi connectivity index (χ3n) is 5.42. The van der Waals surface area contributed by atoms with Crippen molar-refractivity contribution in [3.8, 4) is 28.7 Å². The molecule has 0 aliphatic rings. The summed E-state index contributed by atoms with van der Waals surface area (Å²) in [7, 11) is 6.45. The highest BCUT2D eigenvalue weighted by Crippen LogP contribution is 2.39. The zero-order valence-electron chi connectivity index (χ0n) is 20.2. The van der Waals surface area contributed by atoms with E-state index in [1.807, 2.05) is 36.4 Å². The average molecular weight is 486 g/mol. The van der Waals surface area contributed by atoms with Gasteiger partial charge in [0.2, 0.25) is 5.75 Å². The van der Waals surface area contributed by atoms with Gasteiger partial charge in [-0.15, -0.1) is 0 Å². The standard InChI is InChI=1S/C27H32ClNO5/c1-30-23-15-21(22(28)16-24(23)31-2)18-29-17-20-13-25(32-3)27(26(14-20)33-4)34-12-8-11-19-9-6-5-7-10-19/h5-7,9-10,13-16,29H,8,11-12,17-18H2,1-4H3. The molecule has 0 unspecified atom stereocenters. The van der Waals surface area contributed by atoms with E-state index in [1.54, 1.807) is 34.5 Å². The maximum absolute atomic E-state index is 6.40. The van der Waals surface area contributed by atoms with Gasteiger partial charge in [-0.25, -0.2) is 0 Å². The van der Waals surface area contributed by atoms with Gasteiger partial charge in [0.25, 0.3) is 0 Å². The van der Waals surface area contributed by atoms with Gasteiger partial charge in [-0.2, -0.15) is 0 Å². The lowest BCUT2D eigenvalue weighted by Gasteiger charge is -2.17. The van der Waals surface area contributed by atoms with Gasteiger partial charge in [-0.1, -0.05) is 41.9 Å². The van der Waals surface area contributed by atoms with E-state index in [0.717, 1.165) is 24.0 Å². The molecule has 3 aromatic carbocycles. The predicted molar refractivity (Wildman–Crippen MR) is 135 cm³/mol. The number of hydrogen-bond acceptors (Lipinski definition) is 6. The topological polar surface area (TPSA) is 58.2 Å². The second-order valence-electron chi connectivity index (χ2n) is 7.67. The minimum Gasteiger partial charge on any atom is -0.493 e. The monoisotopic (exact) mass is 485 g/mol. The fraction of sp³-hybridized carbons (Fsp3) is 0.333. The third-order valence-corrected chi connectivity index (χ3v) is 5.77. The van der Waals surface area contributed by atoms with Crippen LogP contribution in [0.25, 0.3) is 0 Å². The summed E-state index contributed by atoms with van der Waals surface area (Å²) in [5.41, 5.74) is 3.21. The lowest BCUT2D eigenvalue weighted by molar-refractivity contribution is 0.270. The Balaban J connectivity index is 1.62. The van der Waals surface area contributed by atoms with Gasteiger partial charge in [0.15, 0.2) is 23.0 Å². The summed E-state index contributed by atoms with van der Waals surface area (Å²) in [5, 5.41) is 4.02. The maximum atomic E-state index is 6.40. The van der Waals surface area contributed by atoms with Gasteiger partial charge in [0, 0.05) is 24.2 Å². The van der Waals surface area contributed by atoms with Gasteiger partial charge < -0.3 is 29.0 Å². The van der Waals surface area contributed by atoms with Crippen molar-refractivity contribution in [1.29, 1.82) is 0 Å². The summed E-state index contributed by atoms with van der Waals surface area (Å²) in [6, 6.07) is 17.9. The summed E-state index contributed by atoms with van der Waals surface area (Å²) in [6.07, 6.45) is 1.85. The summed E-state index contributed by atoms with van der Waals surface area (Å²) in [4.78, 5) is 0. The molecule has 0 atom stereocenters. The quantitative estimate of drug-likeness (QED) is 0.314. The number of halogens is 1. The van der Waals surface area contributed by atoms with Crippen LogP contribution in [0.5, 0.6) is 28.7 Å². The highest BCUT2D eigenvalue weighted by molar-refractivity contribution is 6.31. The van der Waals surface area contributed by atoms with Crippen LogP contribution in [0.15, 0.2) is 54.6 Å². The second kappa shape index (κ2) is 13.0. The van der Waals surface area contributed by atoms with E-state index >= 15 is 0 Å². The molecule has 3 rings (SSSR count). The Bertz CT molecular complexity index is 1030. The summed E-state index contributed by atoms with van der Waals surface area (Å²) < 4.78 is 27.9. The number of ether oxygens (including phenoxy) is 5. The van der Waals surface area contributed by atoms with Crippen LogP contribution in [0.4, 0.5) is 0 Å². The molecule has 6 nitrogen and oxygen atoms in total. The molecule has 1 N–H and O–H groups in total. The van der Waals surface area contributed by atoms with Crippen LogP contribution < -0.4 is 29.0 Å². The highest BCUT2D eigenvalue weighted by Gasteiger charge is 2.15. The largest absolute Gasteiger partial charge is 0.493 e. The van der Waals surface area contributed by atoms with E-state index in [4.69, 9.17) is 35.3 Å². The molecule has 0 aromatic heterocycles. The van der Waals surface area contributed by atoms with Crippen LogP contribution >= 0.6 is 11.6 Å². The van der Waals surface area contributed by atoms with Crippen molar-refractivity contribution in [3.63, 3.8) is 0 Å². The Hall–Kier alpha value is -3.09. The van der Waals surface area contributed by atoms with E-state index in [1.165, 1.54) is 5.56 Å². The Labute approximate surface area is 206 Å². The van der Waals surface area contributed by atoms with Crippen LogP contribution in [-0.4, -0.2) is 35.0 Å². The predicted octanol–water partition coefficient (Wildman–Crippen LogP) is 5.68. The molecule has 0 radical (unpaired) electrons. The van der Waals surface area contributed by atoms with Crippen molar-refractivity contribution in [2.45, 2.75) is 25.9 Å². The maximum Gasteiger partial charge on any atom is 0.203 e. The number of methoxy groups -OCH3 is 4. The average Bonchev–Trinajstić information content (AvgIpc) is 2.87. The van der Waals surface area contributed by atoms with Gasteiger partial charge in [-0.05, 0) is 47.7 Å². The van der Waals surface area contributed by atoms with E-state index in [9.17, 15) is 0 Å². The first-order valence-electron chi connectivity index (χ1n) is 11.1. The smallest absolute Gasteiger partial charge is 0.203 e. The van der Waals surface area contributed by atoms with Crippen LogP contribution in [0.3, 0.4) is 0 Å². The lowest BCUT2D eigenvalue weighted by Crippen LogP contribution is -2.14. The normalized spacial score (nSPS) is 10.6. The zero-order chi connectivity index (χ0) is 24.3. The Morgan fingerprint density at radius 1 is 0.706 bits per heavy atom. The van der Waals surface area contributed by atoms with Gasteiger partial charge in [-0.3, -0.25) is 0 Å². The molecule has 7 heteroatoms. The number of aryl methyl sites for hydroxylation is 1. The Morgan fingerprint density at radius 2 is 1.32 bits per heavy atom. The van der Waals surface area contributed by atoms with Crippen LogP contribution in [-0.2, 0) is 19.5 Å². The van der Waals surface area contributed by atoms with Crippen molar-refractivity contribution in [1.82, 2.24) is 5.32 Å². The summed E-state index contributed by atoms with van der Waals surface area (Å²) in [6.45, 7) is 1.71. The molecule has 0 saturated heterocycles. The fourth-order valence-corrected chi connectivity index (χ4v) is 3.87. The molecular weight excluding hydrogens is 454 g/mol. The number of hydrogen-bond donors (Lipinski definition) is 1. The first-order valence-corrected chi connectivity index (χ1v) is 11.5. The van der Waals surface area contributed by atoms with Crippen molar-refractivity contribution in [3.05, 3.63) is 76.3 Å². The van der Waals surface area contributed by atoms with E-state index in [0.29, 0.717) is 53.5 Å². The fourth-order valence-electron chi connectivity index (χ4n) is 3.65. The van der Waals surface area contributed by atoms with Crippen molar-refractivity contribution >= 4 is 11.6 Å². The molecule has 0 amide bonds. The molecule has 0 spiro atoms. The number of benzene rings is 3. The first-order chi connectivity index (χ1) is 16.6. The summed E-state index contributed by atoms with van der Waals surface area (Å²) in [5.74, 6) is 3.13.